The summed E-state index contributed by atoms with van der Waals surface area (Å²) in [7, 11) is 1.56. The second-order valence-corrected chi connectivity index (χ2v) is 9.84. The van der Waals surface area contributed by atoms with Crippen LogP contribution in [0.25, 0.3) is 0 Å². The number of thioether (sulfide) groups is 1. The maximum Gasteiger partial charge on any atom is 0.329 e. The predicted molar refractivity (Wildman–Crippen MR) is 117 cm³/mol. The van der Waals surface area contributed by atoms with E-state index >= 15 is 0 Å². The Morgan fingerprint density at radius 2 is 1.57 bits per heavy atom. The lowest BCUT2D eigenvalue weighted by Crippen LogP contribution is -2.38. The van der Waals surface area contributed by atoms with Crippen molar-refractivity contribution in [1.29, 1.82) is 0 Å². The monoisotopic (exact) mass is 447 g/mol. The molecule has 0 heterocycles. The van der Waals surface area contributed by atoms with Gasteiger partial charge in [-0.1, -0.05) is 27.2 Å². The fraction of sp³-hybridized carbons (Fsp3) is 0.800. The highest BCUT2D eigenvalue weighted by molar-refractivity contribution is 8.00. The first-order valence-corrected chi connectivity index (χ1v) is 11.2. The lowest BCUT2D eigenvalue weighted by molar-refractivity contribution is -0.145. The summed E-state index contributed by atoms with van der Waals surface area (Å²) in [6, 6.07) is 0. The molecule has 0 aliphatic rings. The first kappa shape index (κ1) is 28.2. The number of rotatable bonds is 16. The quantitative estimate of drug-likeness (QED) is 0.304. The van der Waals surface area contributed by atoms with E-state index in [1.807, 2.05) is 0 Å². The highest BCUT2D eigenvalue weighted by Crippen LogP contribution is 2.23. The van der Waals surface area contributed by atoms with Crippen LogP contribution < -0.4 is 10.6 Å². The van der Waals surface area contributed by atoms with E-state index in [0.29, 0.717) is 32.5 Å². The van der Waals surface area contributed by atoms with Crippen molar-refractivity contribution in [2.75, 3.05) is 45.6 Å². The molecule has 174 valence electrons. The molecule has 0 bridgehead atoms. The van der Waals surface area contributed by atoms with E-state index in [1.54, 1.807) is 18.8 Å². The Hall–Kier alpha value is -1.81. The minimum absolute atomic E-state index is 0.0662. The molecule has 0 aliphatic carbocycles. The molecule has 0 aromatic heterocycles. The molecule has 0 unspecified atom stereocenters. The molecule has 0 fully saturated rings. The Labute approximate surface area is 183 Å². The van der Waals surface area contributed by atoms with Gasteiger partial charge >= 0.3 is 5.97 Å². The molecule has 0 aliphatic heterocycles. The average Bonchev–Trinajstić information content (AvgIpc) is 2.62. The van der Waals surface area contributed by atoms with Crippen LogP contribution in [0.1, 0.15) is 52.9 Å². The number of carbonyl (C=O) groups excluding carboxylic acids is 3. The largest absolute Gasteiger partial charge is 0.480 e. The van der Waals surface area contributed by atoms with Crippen molar-refractivity contribution < 1.29 is 29.0 Å². The molecule has 0 radical (unpaired) electrons. The number of aliphatic carboxylic acids is 1. The fourth-order valence-electron chi connectivity index (χ4n) is 2.27. The third kappa shape index (κ3) is 18.2. The van der Waals surface area contributed by atoms with E-state index < -0.39 is 12.6 Å². The molecule has 9 nitrogen and oxygen atoms in total. The van der Waals surface area contributed by atoms with Crippen LogP contribution in [-0.2, 0) is 23.9 Å². The van der Waals surface area contributed by atoms with Crippen molar-refractivity contribution in [3.05, 3.63) is 0 Å². The molecule has 0 rings (SSSR count). The van der Waals surface area contributed by atoms with Gasteiger partial charge in [0.2, 0.25) is 17.7 Å². The van der Waals surface area contributed by atoms with Crippen molar-refractivity contribution >= 4 is 35.5 Å². The van der Waals surface area contributed by atoms with Crippen LogP contribution in [0.3, 0.4) is 0 Å². The van der Waals surface area contributed by atoms with Crippen molar-refractivity contribution in [3.8, 4) is 0 Å². The number of carbonyl (C=O) groups is 4. The summed E-state index contributed by atoms with van der Waals surface area (Å²) in [4.78, 5) is 46.9. The Bertz CT molecular complexity index is 551. The molecule has 30 heavy (non-hydrogen) atoms. The van der Waals surface area contributed by atoms with Gasteiger partial charge < -0.3 is 25.4 Å². The lowest BCUT2D eigenvalue weighted by atomic mass is 10.2. The number of hydrogen-bond acceptors (Lipinski definition) is 6. The molecular formula is C20H37N3O6S. The number of ether oxygens (including phenoxy) is 1. The highest BCUT2D eigenvalue weighted by Gasteiger charge is 2.12. The number of likely N-dealkylation sites (N-methyl/N-ethyl adjacent to an activating group) is 1. The standard InChI is InChI=1S/C20H37N3O6S/c1-20(2,3)30-13-9-17(25)21-10-7-5-6-8-16(24)22-11-12-23(4)18(26)14-29-15-19(27)28/h5-15H2,1-4H3,(H,21,25)(H,22,24)(H,27,28). The van der Waals surface area contributed by atoms with E-state index in [2.05, 4.69) is 31.4 Å². The zero-order chi connectivity index (χ0) is 23.0. The second-order valence-electron chi connectivity index (χ2n) is 7.92. The SMILES string of the molecule is CN(CCNC(=O)CCCCCNC(=O)CCSC(C)(C)C)C(=O)COCC(=O)O. The van der Waals surface area contributed by atoms with Crippen LogP contribution in [-0.4, -0.2) is 84.1 Å². The van der Waals surface area contributed by atoms with E-state index in [4.69, 9.17) is 9.84 Å². The molecular weight excluding hydrogens is 410 g/mol. The summed E-state index contributed by atoms with van der Waals surface area (Å²) in [6.45, 7) is 6.83. The summed E-state index contributed by atoms with van der Waals surface area (Å²) < 4.78 is 4.90. The number of carboxylic acids is 1. The Morgan fingerprint density at radius 1 is 0.933 bits per heavy atom. The van der Waals surface area contributed by atoms with Crippen molar-refractivity contribution in [2.24, 2.45) is 0 Å². The molecule has 0 aromatic carbocycles. The maximum atomic E-state index is 11.8. The molecule has 3 N–H and O–H groups in total. The van der Waals surface area contributed by atoms with E-state index in [9.17, 15) is 19.2 Å². The molecule has 0 saturated heterocycles. The molecule has 0 spiro atoms. The first-order chi connectivity index (χ1) is 14.0. The van der Waals surface area contributed by atoms with E-state index in [-0.39, 0.29) is 29.1 Å². The highest BCUT2D eigenvalue weighted by atomic mass is 32.2. The number of amides is 3. The van der Waals surface area contributed by atoms with Gasteiger partial charge in [0, 0.05) is 50.0 Å². The number of carboxylic acid groups (broad SMARTS) is 1. The summed E-state index contributed by atoms with van der Waals surface area (Å²) >= 11 is 1.77. The zero-order valence-corrected chi connectivity index (χ0v) is 19.4. The van der Waals surface area contributed by atoms with Crippen LogP contribution in [0.15, 0.2) is 0 Å². The van der Waals surface area contributed by atoms with Gasteiger partial charge in [0.1, 0.15) is 13.2 Å². The van der Waals surface area contributed by atoms with E-state index in [0.717, 1.165) is 25.0 Å². The van der Waals surface area contributed by atoms with E-state index in [1.165, 1.54) is 4.90 Å². The molecule has 0 aromatic rings. The van der Waals surface area contributed by atoms with Crippen LogP contribution in [0.2, 0.25) is 0 Å². The van der Waals surface area contributed by atoms with Gasteiger partial charge in [-0.25, -0.2) is 4.79 Å². The molecule has 0 saturated carbocycles. The number of nitrogens with one attached hydrogen (secondary N) is 2. The van der Waals surface area contributed by atoms with Crippen molar-refractivity contribution in [3.63, 3.8) is 0 Å². The van der Waals surface area contributed by atoms with Crippen LogP contribution in [0, 0.1) is 0 Å². The Kier molecular flexibility index (Phi) is 15.0. The van der Waals surface area contributed by atoms with Crippen LogP contribution >= 0.6 is 11.8 Å². The van der Waals surface area contributed by atoms with Crippen molar-refractivity contribution in [2.45, 2.75) is 57.6 Å². The molecule has 10 heteroatoms. The zero-order valence-electron chi connectivity index (χ0n) is 18.6. The minimum Gasteiger partial charge on any atom is -0.480 e. The third-order valence-electron chi connectivity index (χ3n) is 3.91. The summed E-state index contributed by atoms with van der Waals surface area (Å²) in [6.07, 6.45) is 3.34. The third-order valence-corrected chi connectivity index (χ3v) is 5.19. The van der Waals surface area contributed by atoms with Gasteiger partial charge in [-0.05, 0) is 12.8 Å². The summed E-state index contributed by atoms with van der Waals surface area (Å²) in [5, 5.41) is 14.1. The van der Waals surface area contributed by atoms with Gasteiger partial charge in [-0.2, -0.15) is 11.8 Å². The number of hydrogen-bond donors (Lipinski definition) is 3. The van der Waals surface area contributed by atoms with Gasteiger partial charge in [-0.3, -0.25) is 14.4 Å². The average molecular weight is 448 g/mol. The number of nitrogens with zero attached hydrogens (tertiary/aromatic N) is 1. The van der Waals surface area contributed by atoms with Gasteiger partial charge in [-0.15, -0.1) is 0 Å². The summed E-state index contributed by atoms with van der Waals surface area (Å²) in [5.41, 5.74) is 0. The first-order valence-electron chi connectivity index (χ1n) is 10.2. The molecule has 3 amide bonds. The van der Waals surface area contributed by atoms with Crippen LogP contribution in [0.4, 0.5) is 0 Å². The van der Waals surface area contributed by atoms with Gasteiger partial charge in [0.15, 0.2) is 0 Å². The normalized spacial score (nSPS) is 11.1. The fourth-order valence-corrected chi connectivity index (χ4v) is 3.17. The second kappa shape index (κ2) is 16.0. The Balaban J connectivity index is 3.62. The number of unbranched alkanes of at least 4 members (excludes halogenated alkanes) is 2. The lowest BCUT2D eigenvalue weighted by Gasteiger charge is -2.17. The minimum atomic E-state index is -1.13. The Morgan fingerprint density at radius 3 is 2.20 bits per heavy atom. The van der Waals surface area contributed by atoms with Crippen LogP contribution in [0.5, 0.6) is 0 Å². The predicted octanol–water partition coefficient (Wildman–Crippen LogP) is 1.26. The molecule has 0 atom stereocenters. The maximum absolute atomic E-state index is 11.8. The smallest absolute Gasteiger partial charge is 0.329 e. The topological polar surface area (TPSA) is 125 Å². The van der Waals surface area contributed by atoms with Gasteiger partial charge in [0.25, 0.3) is 0 Å². The van der Waals surface area contributed by atoms with Crippen molar-refractivity contribution in [1.82, 2.24) is 15.5 Å². The summed E-state index contributed by atoms with van der Waals surface area (Å²) in [5.74, 6) is -0.677. The van der Waals surface area contributed by atoms with Gasteiger partial charge in [0.05, 0.1) is 0 Å².